The molecule has 1 aliphatic heterocycles. The van der Waals surface area contributed by atoms with Gasteiger partial charge in [0.2, 0.25) is 0 Å². The van der Waals surface area contributed by atoms with Gasteiger partial charge in [-0.1, -0.05) is 30.3 Å². The van der Waals surface area contributed by atoms with Crippen LogP contribution in [-0.4, -0.2) is 67.2 Å². The summed E-state index contributed by atoms with van der Waals surface area (Å²) < 4.78 is 10.5. The first-order chi connectivity index (χ1) is 14.5. The number of aliphatic carboxylic acids is 1. The summed E-state index contributed by atoms with van der Waals surface area (Å²) >= 11 is 0. The van der Waals surface area contributed by atoms with Crippen LogP contribution in [-0.2, 0) is 4.79 Å². The lowest BCUT2D eigenvalue weighted by atomic mass is 9.99. The molecule has 1 amide bonds. The third-order valence-electron chi connectivity index (χ3n) is 5.49. The minimum atomic E-state index is -0.793. The highest BCUT2D eigenvalue weighted by molar-refractivity contribution is 5.95. The Hall–Kier alpha value is -3.06. The SMILES string of the molecule is COc1ccc(C(=O)N2CCN([C@@H](CCC(=O)O)c3ccccc3)CC2)cc1OC. The molecule has 1 aliphatic rings. The fourth-order valence-corrected chi connectivity index (χ4v) is 3.88. The van der Waals surface area contributed by atoms with E-state index in [1.165, 1.54) is 0 Å². The fourth-order valence-electron chi connectivity index (χ4n) is 3.88. The summed E-state index contributed by atoms with van der Waals surface area (Å²) in [5, 5.41) is 9.14. The van der Waals surface area contributed by atoms with Crippen LogP contribution in [0.3, 0.4) is 0 Å². The molecular weight excluding hydrogens is 384 g/mol. The number of carboxylic acid groups (broad SMARTS) is 1. The molecule has 1 heterocycles. The minimum Gasteiger partial charge on any atom is -0.493 e. The number of methoxy groups -OCH3 is 2. The van der Waals surface area contributed by atoms with Crippen LogP contribution in [0.5, 0.6) is 11.5 Å². The van der Waals surface area contributed by atoms with E-state index in [9.17, 15) is 9.59 Å². The Kier molecular flexibility index (Phi) is 7.30. The number of amides is 1. The average Bonchev–Trinajstić information content (AvgIpc) is 2.79. The lowest BCUT2D eigenvalue weighted by Crippen LogP contribution is -2.49. The van der Waals surface area contributed by atoms with E-state index < -0.39 is 5.97 Å². The lowest BCUT2D eigenvalue weighted by Gasteiger charge is -2.39. The number of rotatable bonds is 8. The first-order valence-corrected chi connectivity index (χ1v) is 10.1. The number of nitrogens with zero attached hydrogens (tertiary/aromatic N) is 2. The highest BCUT2D eigenvalue weighted by Gasteiger charge is 2.28. The molecule has 7 nitrogen and oxygen atoms in total. The van der Waals surface area contributed by atoms with Gasteiger partial charge in [-0.25, -0.2) is 0 Å². The smallest absolute Gasteiger partial charge is 0.303 e. The Balaban J connectivity index is 1.67. The summed E-state index contributed by atoms with van der Waals surface area (Å²) in [7, 11) is 3.11. The maximum Gasteiger partial charge on any atom is 0.303 e. The number of hydrogen-bond acceptors (Lipinski definition) is 5. The van der Waals surface area contributed by atoms with E-state index in [0.717, 1.165) is 5.56 Å². The molecule has 1 atom stereocenters. The molecule has 160 valence electrons. The molecule has 2 aromatic carbocycles. The molecule has 0 saturated carbocycles. The Morgan fingerprint density at radius 1 is 0.967 bits per heavy atom. The van der Waals surface area contributed by atoms with Gasteiger partial charge < -0.3 is 19.5 Å². The van der Waals surface area contributed by atoms with Gasteiger partial charge >= 0.3 is 5.97 Å². The van der Waals surface area contributed by atoms with E-state index in [0.29, 0.717) is 49.7 Å². The first-order valence-electron chi connectivity index (χ1n) is 10.1. The van der Waals surface area contributed by atoms with Crippen molar-refractivity contribution in [3.63, 3.8) is 0 Å². The van der Waals surface area contributed by atoms with Crippen LogP contribution >= 0.6 is 0 Å². The number of hydrogen-bond donors (Lipinski definition) is 1. The van der Waals surface area contributed by atoms with Crippen LogP contribution in [0, 0.1) is 0 Å². The predicted molar refractivity (Wildman–Crippen MR) is 113 cm³/mol. The van der Waals surface area contributed by atoms with Gasteiger partial charge in [0, 0.05) is 44.2 Å². The Morgan fingerprint density at radius 3 is 2.23 bits per heavy atom. The molecule has 7 heteroatoms. The number of carbonyl (C=O) groups excluding carboxylic acids is 1. The number of carbonyl (C=O) groups is 2. The molecule has 0 unspecified atom stereocenters. The van der Waals surface area contributed by atoms with Crippen molar-refractivity contribution in [2.75, 3.05) is 40.4 Å². The zero-order valence-corrected chi connectivity index (χ0v) is 17.4. The summed E-state index contributed by atoms with van der Waals surface area (Å²) in [6.45, 7) is 2.56. The fraction of sp³-hybridized carbons (Fsp3) is 0.391. The summed E-state index contributed by atoms with van der Waals surface area (Å²) in [6.07, 6.45) is 0.660. The van der Waals surface area contributed by atoms with Crippen LogP contribution in [0.25, 0.3) is 0 Å². The lowest BCUT2D eigenvalue weighted by molar-refractivity contribution is -0.137. The van der Waals surface area contributed by atoms with Gasteiger partial charge in [0.05, 0.1) is 14.2 Å². The first kappa shape index (κ1) is 21.6. The van der Waals surface area contributed by atoms with Crippen molar-refractivity contribution < 1.29 is 24.2 Å². The van der Waals surface area contributed by atoms with Gasteiger partial charge in [0.1, 0.15) is 0 Å². The molecule has 1 saturated heterocycles. The summed E-state index contributed by atoms with van der Waals surface area (Å²) in [4.78, 5) is 28.2. The van der Waals surface area contributed by atoms with Gasteiger partial charge in [0.15, 0.2) is 11.5 Å². The van der Waals surface area contributed by atoms with Crippen molar-refractivity contribution in [3.05, 3.63) is 59.7 Å². The van der Waals surface area contributed by atoms with E-state index in [1.54, 1.807) is 32.4 Å². The predicted octanol–water partition coefficient (Wildman–Crippen LogP) is 3.07. The van der Waals surface area contributed by atoms with Gasteiger partial charge in [0.25, 0.3) is 5.91 Å². The molecule has 0 aromatic heterocycles. The standard InChI is InChI=1S/C23H28N2O5/c1-29-20-10-8-18(16-21(20)30-2)23(28)25-14-12-24(13-15-25)19(9-11-22(26)27)17-6-4-3-5-7-17/h3-8,10,16,19H,9,11-15H2,1-2H3,(H,26,27)/t19-/m0/s1. The van der Waals surface area contributed by atoms with Gasteiger partial charge in [-0.05, 0) is 30.2 Å². The second kappa shape index (κ2) is 10.1. The van der Waals surface area contributed by atoms with E-state index in [4.69, 9.17) is 14.6 Å². The zero-order valence-electron chi connectivity index (χ0n) is 17.4. The Labute approximate surface area is 176 Å². The van der Waals surface area contributed by atoms with Crippen molar-refractivity contribution in [2.45, 2.75) is 18.9 Å². The van der Waals surface area contributed by atoms with Crippen molar-refractivity contribution >= 4 is 11.9 Å². The third kappa shape index (κ3) is 5.10. The van der Waals surface area contributed by atoms with E-state index >= 15 is 0 Å². The van der Waals surface area contributed by atoms with E-state index in [1.807, 2.05) is 35.2 Å². The van der Waals surface area contributed by atoms with Crippen LogP contribution in [0.1, 0.15) is 34.8 Å². The largest absolute Gasteiger partial charge is 0.493 e. The normalized spacial score (nSPS) is 15.5. The van der Waals surface area contributed by atoms with Crippen LogP contribution < -0.4 is 9.47 Å². The van der Waals surface area contributed by atoms with Crippen LogP contribution in [0.2, 0.25) is 0 Å². The molecule has 0 aliphatic carbocycles. The third-order valence-corrected chi connectivity index (χ3v) is 5.49. The average molecular weight is 412 g/mol. The molecule has 1 N–H and O–H groups in total. The van der Waals surface area contributed by atoms with Crippen molar-refractivity contribution in [1.82, 2.24) is 9.80 Å². The maximum absolute atomic E-state index is 13.0. The zero-order chi connectivity index (χ0) is 21.5. The van der Waals surface area contributed by atoms with Gasteiger partial charge in [-0.15, -0.1) is 0 Å². The summed E-state index contributed by atoms with van der Waals surface area (Å²) in [5.74, 6) is 0.276. The summed E-state index contributed by atoms with van der Waals surface area (Å²) in [6, 6.07) is 15.2. The minimum absolute atomic E-state index is 0.0284. The van der Waals surface area contributed by atoms with Crippen molar-refractivity contribution in [1.29, 1.82) is 0 Å². The van der Waals surface area contributed by atoms with Crippen LogP contribution in [0.4, 0.5) is 0 Å². The molecule has 30 heavy (non-hydrogen) atoms. The second-order valence-corrected chi connectivity index (χ2v) is 7.26. The highest BCUT2D eigenvalue weighted by Crippen LogP contribution is 2.29. The summed E-state index contributed by atoms with van der Waals surface area (Å²) in [5.41, 5.74) is 1.67. The molecular formula is C23H28N2O5. The molecule has 0 radical (unpaired) electrons. The van der Waals surface area contributed by atoms with Crippen LogP contribution in [0.15, 0.2) is 48.5 Å². The number of benzene rings is 2. The Morgan fingerprint density at radius 2 is 1.63 bits per heavy atom. The molecule has 1 fully saturated rings. The van der Waals surface area contributed by atoms with E-state index in [-0.39, 0.29) is 18.4 Å². The van der Waals surface area contributed by atoms with E-state index in [2.05, 4.69) is 4.90 Å². The van der Waals surface area contributed by atoms with Crippen molar-refractivity contribution in [3.8, 4) is 11.5 Å². The topological polar surface area (TPSA) is 79.3 Å². The van der Waals surface area contributed by atoms with Gasteiger partial charge in [-0.2, -0.15) is 0 Å². The number of piperazine rings is 1. The Bertz CT molecular complexity index is 863. The highest BCUT2D eigenvalue weighted by atomic mass is 16.5. The molecule has 0 bridgehead atoms. The van der Waals surface area contributed by atoms with Gasteiger partial charge in [-0.3, -0.25) is 14.5 Å². The molecule has 0 spiro atoms. The number of ether oxygens (including phenoxy) is 2. The van der Waals surface area contributed by atoms with Crippen molar-refractivity contribution in [2.24, 2.45) is 0 Å². The second-order valence-electron chi connectivity index (χ2n) is 7.26. The maximum atomic E-state index is 13.0. The quantitative estimate of drug-likeness (QED) is 0.718. The monoisotopic (exact) mass is 412 g/mol. The number of carboxylic acids is 1. The molecule has 3 rings (SSSR count). The molecule has 2 aromatic rings.